The maximum atomic E-state index is 13.7. The van der Waals surface area contributed by atoms with Crippen molar-refractivity contribution >= 4 is 44.7 Å². The number of anilines is 3. The SMILES string of the molecule is CC1=CN(c2cc(NC(=O)c3ccc(C)c(C#Cc4csc5c(NC6CC6)ncnc45)c3)cc(C(F)(F)F)c2)CN1. The zero-order chi connectivity index (χ0) is 28.7. The molecule has 3 N–H and O–H groups in total. The van der Waals surface area contributed by atoms with Gasteiger partial charge in [0.15, 0.2) is 0 Å². The fraction of sp³-hybridized carbons (Fsp3) is 0.233. The average Bonchev–Trinajstić information content (AvgIpc) is 3.48. The molecule has 2 aliphatic rings. The molecule has 1 saturated carbocycles. The minimum atomic E-state index is -4.57. The fourth-order valence-electron chi connectivity index (χ4n) is 4.41. The lowest BCUT2D eigenvalue weighted by molar-refractivity contribution is -0.137. The van der Waals surface area contributed by atoms with E-state index in [1.54, 1.807) is 29.3 Å². The molecule has 1 aliphatic heterocycles. The lowest BCUT2D eigenvalue weighted by Crippen LogP contribution is -2.21. The van der Waals surface area contributed by atoms with Gasteiger partial charge >= 0.3 is 6.18 Å². The molecule has 0 unspecified atom stereocenters. The number of hydrogen-bond donors (Lipinski definition) is 3. The van der Waals surface area contributed by atoms with Crippen molar-refractivity contribution in [2.24, 2.45) is 0 Å². The first kappa shape index (κ1) is 26.7. The second kappa shape index (κ2) is 10.4. The predicted octanol–water partition coefficient (Wildman–Crippen LogP) is 6.47. The van der Waals surface area contributed by atoms with Crippen LogP contribution >= 0.6 is 11.3 Å². The number of hydrogen-bond acceptors (Lipinski definition) is 7. The quantitative estimate of drug-likeness (QED) is 0.237. The molecule has 11 heteroatoms. The van der Waals surface area contributed by atoms with E-state index in [1.807, 2.05) is 19.2 Å². The lowest BCUT2D eigenvalue weighted by atomic mass is 10.0. The minimum absolute atomic E-state index is 0.0472. The number of thiophene rings is 1. The summed E-state index contributed by atoms with van der Waals surface area (Å²) >= 11 is 1.53. The number of carbonyl (C=O) groups is 1. The third-order valence-corrected chi connectivity index (χ3v) is 7.79. The van der Waals surface area contributed by atoms with E-state index in [-0.39, 0.29) is 11.3 Å². The average molecular weight is 575 g/mol. The van der Waals surface area contributed by atoms with E-state index in [0.29, 0.717) is 24.0 Å². The van der Waals surface area contributed by atoms with E-state index in [1.165, 1.54) is 23.7 Å². The van der Waals surface area contributed by atoms with E-state index < -0.39 is 17.6 Å². The summed E-state index contributed by atoms with van der Waals surface area (Å²) in [6.07, 6.45) is 0.944. The van der Waals surface area contributed by atoms with Gasteiger partial charge in [-0.05, 0) is 62.6 Å². The van der Waals surface area contributed by atoms with E-state index in [0.717, 1.165) is 57.8 Å². The summed E-state index contributed by atoms with van der Waals surface area (Å²) in [5, 5.41) is 11.1. The highest BCUT2D eigenvalue weighted by Crippen LogP contribution is 2.36. The second-order valence-electron chi connectivity index (χ2n) is 10.1. The molecule has 7 nitrogen and oxygen atoms in total. The predicted molar refractivity (Wildman–Crippen MR) is 155 cm³/mol. The highest BCUT2D eigenvalue weighted by molar-refractivity contribution is 7.18. The van der Waals surface area contributed by atoms with Crippen molar-refractivity contribution in [2.75, 3.05) is 22.2 Å². The first-order valence-electron chi connectivity index (χ1n) is 13.0. The zero-order valence-corrected chi connectivity index (χ0v) is 23.0. The van der Waals surface area contributed by atoms with Crippen LogP contribution in [0.15, 0.2) is 60.0 Å². The molecular weight excluding hydrogens is 549 g/mol. The number of fused-ring (bicyclic) bond motifs is 1. The van der Waals surface area contributed by atoms with E-state index in [9.17, 15) is 18.0 Å². The maximum Gasteiger partial charge on any atom is 0.416 e. The number of nitrogens with zero attached hydrogens (tertiary/aromatic N) is 3. The smallest absolute Gasteiger partial charge is 0.370 e. The van der Waals surface area contributed by atoms with Crippen LogP contribution in [0.25, 0.3) is 10.2 Å². The van der Waals surface area contributed by atoms with Crippen molar-refractivity contribution in [1.29, 1.82) is 0 Å². The van der Waals surface area contributed by atoms with Crippen molar-refractivity contribution in [1.82, 2.24) is 15.3 Å². The van der Waals surface area contributed by atoms with Crippen LogP contribution in [0, 0.1) is 18.8 Å². The molecule has 0 bridgehead atoms. The largest absolute Gasteiger partial charge is 0.416 e. The standard InChI is InChI=1S/C30H25F3N6OS/c1-17-3-4-20(9-19(17)5-6-21-14-41-27-26(21)34-15-35-28(27)37-23-7-8-23)29(40)38-24-10-22(30(31,32)33)11-25(12-24)39-13-18(2)36-16-39/h3-4,9-15,23,36H,7-8,16H2,1-2H3,(H,38,40)(H,34,35,37). The van der Waals surface area contributed by atoms with Crippen LogP contribution in [0.2, 0.25) is 0 Å². The van der Waals surface area contributed by atoms with Gasteiger partial charge in [0.1, 0.15) is 17.7 Å². The van der Waals surface area contributed by atoms with Crippen molar-refractivity contribution in [3.05, 3.63) is 87.8 Å². The van der Waals surface area contributed by atoms with Gasteiger partial charge in [-0.15, -0.1) is 11.3 Å². The third kappa shape index (κ3) is 5.83. The summed E-state index contributed by atoms with van der Waals surface area (Å²) in [5.41, 5.74) is 3.67. The Morgan fingerprint density at radius 2 is 1.90 bits per heavy atom. The van der Waals surface area contributed by atoms with Gasteiger partial charge in [-0.2, -0.15) is 13.2 Å². The minimum Gasteiger partial charge on any atom is -0.370 e. The summed E-state index contributed by atoms with van der Waals surface area (Å²) < 4.78 is 41.9. The third-order valence-electron chi connectivity index (χ3n) is 6.82. The summed E-state index contributed by atoms with van der Waals surface area (Å²) in [7, 11) is 0. The number of aromatic nitrogens is 2. The molecule has 0 spiro atoms. The number of amides is 1. The normalized spacial score (nSPS) is 14.8. The molecule has 2 aromatic carbocycles. The first-order valence-corrected chi connectivity index (χ1v) is 13.9. The van der Waals surface area contributed by atoms with Crippen molar-refractivity contribution in [3.63, 3.8) is 0 Å². The number of alkyl halides is 3. The number of allylic oxidation sites excluding steroid dienone is 1. The number of nitrogens with one attached hydrogen (secondary N) is 3. The molecule has 0 radical (unpaired) electrons. The molecule has 2 aromatic heterocycles. The summed E-state index contributed by atoms with van der Waals surface area (Å²) in [5.74, 6) is 6.60. The molecule has 41 heavy (non-hydrogen) atoms. The Balaban J connectivity index is 1.26. The Morgan fingerprint density at radius 1 is 1.10 bits per heavy atom. The topological polar surface area (TPSA) is 82.2 Å². The van der Waals surface area contributed by atoms with Crippen molar-refractivity contribution < 1.29 is 18.0 Å². The Kier molecular flexibility index (Phi) is 6.79. The molecule has 6 rings (SSSR count). The van der Waals surface area contributed by atoms with Gasteiger partial charge in [0.2, 0.25) is 0 Å². The maximum absolute atomic E-state index is 13.7. The van der Waals surface area contributed by atoms with Gasteiger partial charge in [0.05, 0.1) is 22.5 Å². The number of halogens is 3. The van der Waals surface area contributed by atoms with Gasteiger partial charge in [-0.1, -0.05) is 17.9 Å². The van der Waals surface area contributed by atoms with Crippen LogP contribution in [0.4, 0.5) is 30.4 Å². The molecule has 4 aromatic rings. The molecule has 0 saturated heterocycles. The number of rotatable bonds is 5. The monoisotopic (exact) mass is 574 g/mol. The van der Waals surface area contributed by atoms with Crippen LogP contribution < -0.4 is 20.9 Å². The van der Waals surface area contributed by atoms with Crippen LogP contribution in [-0.4, -0.2) is 28.6 Å². The lowest BCUT2D eigenvalue weighted by Gasteiger charge is -2.19. The van der Waals surface area contributed by atoms with Gasteiger partial charge in [0.25, 0.3) is 5.91 Å². The van der Waals surface area contributed by atoms with Crippen molar-refractivity contribution in [3.8, 4) is 11.8 Å². The van der Waals surface area contributed by atoms with Gasteiger partial charge in [-0.25, -0.2) is 9.97 Å². The number of carbonyl (C=O) groups excluding carboxylic acids is 1. The summed E-state index contributed by atoms with van der Waals surface area (Å²) in [6.45, 7) is 4.05. The van der Waals surface area contributed by atoms with Crippen LogP contribution in [0.5, 0.6) is 0 Å². The zero-order valence-electron chi connectivity index (χ0n) is 22.2. The highest BCUT2D eigenvalue weighted by atomic mass is 32.1. The van der Waals surface area contributed by atoms with E-state index in [4.69, 9.17) is 0 Å². The van der Waals surface area contributed by atoms with Gasteiger partial charge in [0, 0.05) is 45.8 Å². The molecule has 1 aliphatic carbocycles. The van der Waals surface area contributed by atoms with Crippen molar-refractivity contribution in [2.45, 2.75) is 38.9 Å². The highest BCUT2D eigenvalue weighted by Gasteiger charge is 2.32. The van der Waals surface area contributed by atoms with E-state index >= 15 is 0 Å². The summed E-state index contributed by atoms with van der Waals surface area (Å²) in [6, 6.07) is 9.03. The molecule has 1 amide bonds. The van der Waals surface area contributed by atoms with Crippen LogP contribution in [0.3, 0.4) is 0 Å². The Hall–Kier alpha value is -4.56. The Bertz CT molecular complexity index is 1760. The fourth-order valence-corrected chi connectivity index (χ4v) is 5.32. The van der Waals surface area contributed by atoms with Gasteiger partial charge < -0.3 is 20.9 Å². The second-order valence-corrected chi connectivity index (χ2v) is 11.0. The molecule has 0 atom stereocenters. The molecule has 208 valence electrons. The van der Waals surface area contributed by atoms with E-state index in [2.05, 4.69) is 37.8 Å². The Labute approximate surface area is 238 Å². The molecular formula is C30H25F3N6OS. The molecule has 1 fully saturated rings. The Morgan fingerprint density at radius 3 is 2.63 bits per heavy atom. The van der Waals surface area contributed by atoms with Crippen LogP contribution in [0.1, 0.15) is 52.4 Å². The molecule has 3 heterocycles. The number of benzene rings is 2. The van der Waals surface area contributed by atoms with Crippen LogP contribution in [-0.2, 0) is 6.18 Å². The number of aryl methyl sites for hydroxylation is 1. The summed E-state index contributed by atoms with van der Waals surface area (Å²) in [4.78, 5) is 23.6. The van der Waals surface area contributed by atoms with Gasteiger partial charge in [-0.3, -0.25) is 4.79 Å². The first-order chi connectivity index (χ1) is 19.6.